The van der Waals surface area contributed by atoms with Gasteiger partial charge < -0.3 is 10.3 Å². The molecule has 1 unspecified atom stereocenters. The minimum atomic E-state index is -0.171. The Morgan fingerprint density at radius 2 is 2.27 bits per heavy atom. The molecule has 0 saturated carbocycles. The predicted molar refractivity (Wildman–Crippen MR) is 60.8 cm³/mol. The van der Waals surface area contributed by atoms with E-state index in [1.54, 1.807) is 17.7 Å². The van der Waals surface area contributed by atoms with Crippen molar-refractivity contribution in [2.24, 2.45) is 5.73 Å². The van der Waals surface area contributed by atoms with Crippen molar-refractivity contribution < 1.29 is 0 Å². The minimum absolute atomic E-state index is 0.171. The van der Waals surface area contributed by atoms with Crippen LogP contribution in [0.1, 0.15) is 36.6 Å². The zero-order valence-corrected chi connectivity index (χ0v) is 9.61. The Morgan fingerprint density at radius 3 is 2.87 bits per heavy atom. The highest BCUT2D eigenvalue weighted by Gasteiger charge is 2.17. The van der Waals surface area contributed by atoms with Crippen LogP contribution in [0.5, 0.6) is 0 Å². The van der Waals surface area contributed by atoms with Crippen molar-refractivity contribution in [1.29, 1.82) is 0 Å². The van der Waals surface area contributed by atoms with E-state index in [-0.39, 0.29) is 6.04 Å². The Hall–Kier alpha value is -1.20. The first-order valence-electron chi connectivity index (χ1n) is 4.88. The number of nitrogens with zero attached hydrogens (tertiary/aromatic N) is 3. The van der Waals surface area contributed by atoms with Gasteiger partial charge in [-0.15, -0.1) is 21.5 Å². The monoisotopic (exact) mass is 222 g/mol. The second-order valence-electron chi connectivity index (χ2n) is 3.68. The van der Waals surface area contributed by atoms with Crippen molar-refractivity contribution in [3.63, 3.8) is 0 Å². The average Bonchev–Trinajstić information content (AvgIpc) is 2.88. The highest BCUT2D eigenvalue weighted by molar-refractivity contribution is 7.10. The number of rotatable bonds is 3. The summed E-state index contributed by atoms with van der Waals surface area (Å²) in [6, 6.07) is 4.18. The lowest BCUT2D eigenvalue weighted by atomic mass is 10.2. The fourth-order valence-electron chi connectivity index (χ4n) is 1.47. The first-order valence-corrected chi connectivity index (χ1v) is 5.76. The zero-order valence-electron chi connectivity index (χ0n) is 8.79. The summed E-state index contributed by atoms with van der Waals surface area (Å²) >= 11 is 1.64. The molecule has 2 rings (SSSR count). The second-order valence-corrected chi connectivity index (χ2v) is 4.66. The van der Waals surface area contributed by atoms with Gasteiger partial charge in [0.1, 0.15) is 12.4 Å². The van der Waals surface area contributed by atoms with Gasteiger partial charge in [-0.25, -0.2) is 0 Å². The van der Waals surface area contributed by atoms with Crippen molar-refractivity contribution in [2.45, 2.75) is 25.9 Å². The lowest BCUT2D eigenvalue weighted by Crippen LogP contribution is -2.17. The molecule has 0 radical (unpaired) electrons. The summed E-state index contributed by atoms with van der Waals surface area (Å²) in [5.74, 6) is 0.826. The van der Waals surface area contributed by atoms with Crippen LogP contribution in [0.3, 0.4) is 0 Å². The fraction of sp³-hybridized carbons (Fsp3) is 0.400. The topological polar surface area (TPSA) is 56.7 Å². The molecule has 0 spiro atoms. The van der Waals surface area contributed by atoms with Crippen molar-refractivity contribution >= 4 is 11.3 Å². The molecule has 2 heterocycles. The van der Waals surface area contributed by atoms with Crippen LogP contribution < -0.4 is 5.73 Å². The normalized spacial score (nSPS) is 13.3. The zero-order chi connectivity index (χ0) is 10.8. The third-order valence-corrected chi connectivity index (χ3v) is 3.24. The predicted octanol–water partition coefficient (Wildman–Crippen LogP) is 1.97. The molecule has 1 atom stereocenters. The van der Waals surface area contributed by atoms with E-state index in [1.807, 2.05) is 22.1 Å². The molecule has 0 saturated heterocycles. The maximum atomic E-state index is 6.13. The van der Waals surface area contributed by atoms with Gasteiger partial charge in [-0.3, -0.25) is 0 Å². The molecule has 0 bridgehead atoms. The summed E-state index contributed by atoms with van der Waals surface area (Å²) in [6.45, 7) is 4.18. The van der Waals surface area contributed by atoms with Crippen LogP contribution in [0, 0.1) is 0 Å². The molecule has 0 aromatic carbocycles. The van der Waals surface area contributed by atoms with E-state index >= 15 is 0 Å². The van der Waals surface area contributed by atoms with Crippen molar-refractivity contribution in [1.82, 2.24) is 14.8 Å². The van der Waals surface area contributed by atoms with Gasteiger partial charge in [-0.2, -0.15) is 0 Å². The molecule has 80 valence electrons. The van der Waals surface area contributed by atoms with E-state index in [2.05, 4.69) is 24.0 Å². The molecular formula is C10H14N4S. The van der Waals surface area contributed by atoms with E-state index in [0.29, 0.717) is 6.04 Å². The lowest BCUT2D eigenvalue weighted by molar-refractivity contribution is 0.553. The summed E-state index contributed by atoms with van der Waals surface area (Å²) in [4.78, 5) is 1.12. The standard InChI is InChI=1S/C10H14N4S/c1-7(2)14-6-12-13-10(14)9(11)8-4-3-5-15-8/h3-7,9H,11H2,1-2H3. The first kappa shape index (κ1) is 10.3. The summed E-state index contributed by atoms with van der Waals surface area (Å²) in [6.07, 6.45) is 1.73. The first-order chi connectivity index (χ1) is 7.20. The van der Waals surface area contributed by atoms with E-state index in [1.165, 1.54) is 0 Å². The van der Waals surface area contributed by atoms with Crippen LogP contribution in [0.25, 0.3) is 0 Å². The third kappa shape index (κ3) is 1.93. The Morgan fingerprint density at radius 1 is 1.47 bits per heavy atom. The van der Waals surface area contributed by atoms with Crippen LogP contribution >= 0.6 is 11.3 Å². The van der Waals surface area contributed by atoms with Crippen LogP contribution in [0.15, 0.2) is 23.8 Å². The molecular weight excluding hydrogens is 208 g/mol. The average molecular weight is 222 g/mol. The summed E-state index contributed by atoms with van der Waals surface area (Å²) in [7, 11) is 0. The summed E-state index contributed by atoms with van der Waals surface area (Å²) in [5, 5.41) is 10.0. The second kappa shape index (κ2) is 4.12. The van der Waals surface area contributed by atoms with Crippen LogP contribution in [0.2, 0.25) is 0 Å². The molecule has 15 heavy (non-hydrogen) atoms. The van der Waals surface area contributed by atoms with Crippen LogP contribution in [-0.2, 0) is 0 Å². The molecule has 0 aliphatic carbocycles. The molecule has 4 nitrogen and oxygen atoms in total. The van der Waals surface area contributed by atoms with Crippen LogP contribution in [0.4, 0.5) is 0 Å². The lowest BCUT2D eigenvalue weighted by Gasteiger charge is -2.14. The quantitative estimate of drug-likeness (QED) is 0.863. The Balaban J connectivity index is 2.33. The third-order valence-electron chi connectivity index (χ3n) is 2.28. The van der Waals surface area contributed by atoms with Gasteiger partial charge in [0.05, 0.1) is 0 Å². The molecule has 0 aliphatic heterocycles. The van der Waals surface area contributed by atoms with Crippen LogP contribution in [-0.4, -0.2) is 14.8 Å². The number of nitrogens with two attached hydrogens (primary N) is 1. The largest absolute Gasteiger partial charge is 0.317 e. The van der Waals surface area contributed by atoms with Crippen molar-refractivity contribution in [3.05, 3.63) is 34.5 Å². The molecule has 2 N–H and O–H groups in total. The SMILES string of the molecule is CC(C)n1cnnc1C(N)c1cccs1. The number of hydrogen-bond donors (Lipinski definition) is 1. The summed E-state index contributed by atoms with van der Waals surface area (Å²) in [5.41, 5.74) is 6.13. The molecule has 5 heteroatoms. The van der Waals surface area contributed by atoms with Gasteiger partial charge in [-0.1, -0.05) is 6.07 Å². The Bertz CT molecular complexity index is 418. The maximum Gasteiger partial charge on any atom is 0.155 e. The molecule has 0 fully saturated rings. The van der Waals surface area contributed by atoms with E-state index in [9.17, 15) is 0 Å². The number of hydrogen-bond acceptors (Lipinski definition) is 4. The Labute approximate surface area is 92.8 Å². The van der Waals surface area contributed by atoms with Crippen molar-refractivity contribution in [3.8, 4) is 0 Å². The molecule has 2 aromatic rings. The maximum absolute atomic E-state index is 6.13. The van der Waals surface area contributed by atoms with E-state index < -0.39 is 0 Å². The Kier molecular flexibility index (Phi) is 2.83. The van der Waals surface area contributed by atoms with E-state index in [4.69, 9.17) is 5.73 Å². The van der Waals surface area contributed by atoms with Gasteiger partial charge in [0.25, 0.3) is 0 Å². The highest BCUT2D eigenvalue weighted by Crippen LogP contribution is 2.23. The highest BCUT2D eigenvalue weighted by atomic mass is 32.1. The minimum Gasteiger partial charge on any atom is -0.317 e. The number of aromatic nitrogens is 3. The van der Waals surface area contributed by atoms with Gasteiger partial charge in [0, 0.05) is 10.9 Å². The number of thiophene rings is 1. The van der Waals surface area contributed by atoms with Crippen molar-refractivity contribution in [2.75, 3.05) is 0 Å². The smallest absolute Gasteiger partial charge is 0.155 e. The fourth-order valence-corrected chi connectivity index (χ4v) is 2.19. The van der Waals surface area contributed by atoms with Gasteiger partial charge >= 0.3 is 0 Å². The van der Waals surface area contributed by atoms with Gasteiger partial charge in [0.15, 0.2) is 5.82 Å². The van der Waals surface area contributed by atoms with Gasteiger partial charge in [-0.05, 0) is 25.3 Å². The van der Waals surface area contributed by atoms with Gasteiger partial charge in [0.2, 0.25) is 0 Å². The molecule has 2 aromatic heterocycles. The molecule has 0 aliphatic rings. The summed E-state index contributed by atoms with van der Waals surface area (Å²) < 4.78 is 2.00. The van der Waals surface area contributed by atoms with E-state index in [0.717, 1.165) is 10.7 Å². The molecule has 0 amide bonds.